The standard InChI is InChI=1S/C37H47BrN10OS/c1-45-16-18-46(19-17-45)26-10-14-47(15-11-26)32-22-33(49-2)31(21-25(32)20-24-4-5-24)43-37-41-23-28(38)36(44-37)42-30-9-8-29-34(40-13-12-39-29)35(30)48(50-3)27-6-7-27/h8-9,12-13,21-24,26-27H,4-7,10-11,14-20H2,1-3H3,(H2,41,42,43,44). The molecule has 8 rings (SSSR count). The van der Waals surface area contributed by atoms with Crippen molar-refractivity contribution in [3.63, 3.8) is 0 Å². The van der Waals surface area contributed by atoms with Crippen LogP contribution in [-0.2, 0) is 6.42 Å². The molecule has 50 heavy (non-hydrogen) atoms. The lowest BCUT2D eigenvalue weighted by atomic mass is 9.98. The second kappa shape index (κ2) is 14.7. The molecule has 4 aromatic rings. The Bertz CT molecular complexity index is 1820. The normalized spacial score (nSPS) is 19.2. The van der Waals surface area contributed by atoms with Crippen molar-refractivity contribution >= 4 is 73.4 Å². The molecule has 2 aromatic carbocycles. The zero-order chi connectivity index (χ0) is 34.2. The van der Waals surface area contributed by atoms with Crippen LogP contribution in [0.5, 0.6) is 5.75 Å². The van der Waals surface area contributed by atoms with Crippen LogP contribution in [-0.4, -0.2) is 102 Å². The molecule has 4 heterocycles. The minimum absolute atomic E-state index is 0.479. The summed E-state index contributed by atoms with van der Waals surface area (Å²) in [5, 5.41) is 7.13. The third kappa shape index (κ3) is 7.33. The highest BCUT2D eigenvalue weighted by atomic mass is 79.9. The van der Waals surface area contributed by atoms with Crippen LogP contribution in [0.1, 0.15) is 44.1 Å². The Morgan fingerprint density at radius 2 is 1.70 bits per heavy atom. The molecule has 0 radical (unpaired) electrons. The van der Waals surface area contributed by atoms with Crippen molar-refractivity contribution in [2.45, 2.75) is 57.0 Å². The lowest BCUT2D eigenvalue weighted by Crippen LogP contribution is -2.52. The summed E-state index contributed by atoms with van der Waals surface area (Å²) in [4.78, 5) is 26.7. The van der Waals surface area contributed by atoms with Crippen LogP contribution >= 0.6 is 27.9 Å². The van der Waals surface area contributed by atoms with Gasteiger partial charge in [-0.25, -0.2) is 4.98 Å². The molecule has 0 spiro atoms. The highest BCUT2D eigenvalue weighted by Gasteiger charge is 2.33. The maximum Gasteiger partial charge on any atom is 0.229 e. The summed E-state index contributed by atoms with van der Waals surface area (Å²) in [6.07, 6.45) is 15.9. The number of piperazine rings is 1. The number of nitrogens with zero attached hydrogens (tertiary/aromatic N) is 8. The van der Waals surface area contributed by atoms with E-state index in [0.717, 1.165) is 63.7 Å². The molecule has 13 heteroatoms. The predicted octanol–water partition coefficient (Wildman–Crippen LogP) is 7.09. The van der Waals surface area contributed by atoms with E-state index in [1.54, 1.807) is 37.6 Å². The molecule has 2 aliphatic heterocycles. The van der Waals surface area contributed by atoms with Crippen LogP contribution in [0.2, 0.25) is 0 Å². The molecule has 0 atom stereocenters. The molecule has 264 valence electrons. The largest absolute Gasteiger partial charge is 0.494 e. The van der Waals surface area contributed by atoms with Crippen LogP contribution in [0.4, 0.5) is 34.5 Å². The van der Waals surface area contributed by atoms with Gasteiger partial charge < -0.3 is 29.5 Å². The lowest BCUT2D eigenvalue weighted by molar-refractivity contribution is 0.0982. The Morgan fingerprint density at radius 1 is 0.920 bits per heavy atom. The first-order valence-electron chi connectivity index (χ1n) is 18.0. The van der Waals surface area contributed by atoms with E-state index in [2.05, 4.69) is 87.0 Å². The van der Waals surface area contributed by atoms with Gasteiger partial charge in [0.1, 0.15) is 17.1 Å². The van der Waals surface area contributed by atoms with Gasteiger partial charge in [-0.05, 0) is 97.6 Å². The average molecular weight is 760 g/mol. The summed E-state index contributed by atoms with van der Waals surface area (Å²) in [5.41, 5.74) is 7.28. The Hall–Kier alpha value is -3.39. The summed E-state index contributed by atoms with van der Waals surface area (Å²) >= 11 is 5.43. The molecule has 11 nitrogen and oxygen atoms in total. The van der Waals surface area contributed by atoms with Gasteiger partial charge >= 0.3 is 0 Å². The number of anilines is 6. The molecule has 2 aromatic heterocycles. The number of benzene rings is 2. The Balaban J connectivity index is 1.05. The number of aromatic nitrogens is 4. The number of ether oxygens (including phenoxy) is 1. The smallest absolute Gasteiger partial charge is 0.229 e. The molecule has 0 bridgehead atoms. The van der Waals surface area contributed by atoms with Crippen molar-refractivity contribution < 1.29 is 4.74 Å². The van der Waals surface area contributed by atoms with E-state index < -0.39 is 0 Å². The minimum atomic E-state index is 0.479. The van der Waals surface area contributed by atoms with Gasteiger partial charge in [0.05, 0.1) is 34.2 Å². The number of piperidine rings is 1. The summed E-state index contributed by atoms with van der Waals surface area (Å²) < 4.78 is 9.15. The summed E-state index contributed by atoms with van der Waals surface area (Å²) in [7, 11) is 3.99. The van der Waals surface area contributed by atoms with E-state index in [-0.39, 0.29) is 0 Å². The van der Waals surface area contributed by atoms with E-state index in [0.29, 0.717) is 23.8 Å². The third-order valence-electron chi connectivity index (χ3n) is 10.6. The number of likely N-dealkylation sites (N-methyl/N-ethyl adjacent to an activating group) is 1. The van der Waals surface area contributed by atoms with E-state index in [4.69, 9.17) is 14.7 Å². The van der Waals surface area contributed by atoms with Gasteiger partial charge in [-0.3, -0.25) is 14.9 Å². The number of fused-ring (bicyclic) bond motifs is 1. The SMILES string of the molecule is COc1cc(N2CCC(N3CCN(C)CC3)CC2)c(CC2CC2)cc1Nc1ncc(Br)c(Nc2ccc3nccnc3c2N(SC)C2CC2)n1. The number of hydrogen-bond donors (Lipinski definition) is 2. The van der Waals surface area contributed by atoms with Crippen molar-refractivity contribution in [2.24, 2.45) is 5.92 Å². The highest BCUT2D eigenvalue weighted by Crippen LogP contribution is 2.45. The fourth-order valence-electron chi connectivity index (χ4n) is 7.47. The van der Waals surface area contributed by atoms with Crippen LogP contribution in [0, 0.1) is 5.92 Å². The number of rotatable bonds is 12. The molecular weight excluding hydrogens is 712 g/mol. The number of methoxy groups -OCH3 is 1. The summed E-state index contributed by atoms with van der Waals surface area (Å²) in [6.45, 7) is 6.87. The first kappa shape index (κ1) is 33.7. The van der Waals surface area contributed by atoms with Crippen molar-refractivity contribution in [3.8, 4) is 5.75 Å². The zero-order valence-electron chi connectivity index (χ0n) is 29.2. The molecule has 4 aliphatic rings. The molecule has 4 fully saturated rings. The van der Waals surface area contributed by atoms with Gasteiger partial charge in [-0.2, -0.15) is 4.98 Å². The van der Waals surface area contributed by atoms with Crippen LogP contribution in [0.3, 0.4) is 0 Å². The second-order valence-electron chi connectivity index (χ2n) is 14.2. The maximum absolute atomic E-state index is 6.02. The van der Waals surface area contributed by atoms with Gasteiger partial charge in [0.2, 0.25) is 5.95 Å². The van der Waals surface area contributed by atoms with Crippen LogP contribution in [0.25, 0.3) is 11.0 Å². The third-order valence-corrected chi connectivity index (χ3v) is 12.1. The number of nitrogens with one attached hydrogen (secondary N) is 2. The van der Waals surface area contributed by atoms with Gasteiger partial charge in [0.25, 0.3) is 0 Å². The lowest BCUT2D eigenvalue weighted by Gasteiger charge is -2.43. The Morgan fingerprint density at radius 3 is 2.42 bits per heavy atom. The van der Waals surface area contributed by atoms with Crippen molar-refractivity contribution in [1.82, 2.24) is 29.7 Å². The monoisotopic (exact) mass is 758 g/mol. The van der Waals surface area contributed by atoms with Crippen molar-refractivity contribution in [3.05, 3.63) is 52.9 Å². The predicted molar refractivity (Wildman–Crippen MR) is 209 cm³/mol. The van der Waals surface area contributed by atoms with E-state index in [9.17, 15) is 0 Å². The Labute approximate surface area is 307 Å². The molecular formula is C37H47BrN10OS. The van der Waals surface area contributed by atoms with Crippen LogP contribution < -0.4 is 24.6 Å². The van der Waals surface area contributed by atoms with Crippen molar-refractivity contribution in [1.29, 1.82) is 0 Å². The quantitative estimate of drug-likeness (QED) is 0.144. The molecule has 0 unspecified atom stereocenters. The first-order chi connectivity index (χ1) is 24.5. The fourth-order valence-corrected chi connectivity index (χ4v) is 8.64. The molecule has 2 aliphatic carbocycles. The Kier molecular flexibility index (Phi) is 9.91. The molecule has 2 saturated carbocycles. The van der Waals surface area contributed by atoms with Gasteiger partial charge in [-0.1, -0.05) is 11.9 Å². The highest BCUT2D eigenvalue weighted by molar-refractivity contribution is 9.10. The topological polar surface area (TPSA) is 97.8 Å². The second-order valence-corrected chi connectivity index (χ2v) is 15.8. The van der Waals surface area contributed by atoms with E-state index in [1.165, 1.54) is 76.0 Å². The van der Waals surface area contributed by atoms with Gasteiger partial charge in [0, 0.05) is 88.0 Å². The zero-order valence-corrected chi connectivity index (χ0v) is 31.6. The maximum atomic E-state index is 6.02. The number of hydrogen-bond acceptors (Lipinski definition) is 12. The van der Waals surface area contributed by atoms with Gasteiger partial charge in [-0.15, -0.1) is 0 Å². The molecule has 0 amide bonds. The summed E-state index contributed by atoms with van der Waals surface area (Å²) in [5.74, 6) is 2.73. The van der Waals surface area contributed by atoms with E-state index >= 15 is 0 Å². The average Bonchev–Trinajstić information content (AvgIpc) is 4.09. The van der Waals surface area contributed by atoms with Crippen molar-refractivity contribution in [2.75, 3.05) is 79.5 Å². The number of halogens is 1. The summed E-state index contributed by atoms with van der Waals surface area (Å²) in [6, 6.07) is 9.77. The first-order valence-corrected chi connectivity index (χ1v) is 20.0. The molecule has 2 N–H and O–H groups in total. The molecule has 2 saturated heterocycles. The fraction of sp³-hybridized carbons (Fsp3) is 0.514. The van der Waals surface area contributed by atoms with E-state index in [1.807, 2.05) is 6.07 Å². The van der Waals surface area contributed by atoms with Gasteiger partial charge in [0.15, 0.2) is 0 Å². The van der Waals surface area contributed by atoms with Crippen LogP contribution in [0.15, 0.2) is 47.3 Å². The minimum Gasteiger partial charge on any atom is -0.494 e.